The second-order valence-electron chi connectivity index (χ2n) is 5.25. The van der Waals surface area contributed by atoms with Crippen molar-refractivity contribution in [3.05, 3.63) is 58.1 Å². The van der Waals surface area contributed by atoms with Crippen molar-refractivity contribution in [2.45, 2.75) is 26.8 Å². The second kappa shape index (κ2) is 7.10. The number of hydrogen-bond donors (Lipinski definition) is 1. The molecule has 21 heavy (non-hydrogen) atoms. The molecule has 0 saturated heterocycles. The fourth-order valence-corrected chi connectivity index (χ4v) is 3.26. The molecule has 0 aliphatic carbocycles. The summed E-state index contributed by atoms with van der Waals surface area (Å²) in [5, 5.41) is 3.28. The Morgan fingerprint density at radius 1 is 1.19 bits per heavy atom. The van der Waals surface area contributed by atoms with Crippen LogP contribution in [0.1, 0.15) is 31.0 Å². The predicted octanol–water partition coefficient (Wildman–Crippen LogP) is 5.20. The van der Waals surface area contributed by atoms with Crippen molar-refractivity contribution < 1.29 is 0 Å². The van der Waals surface area contributed by atoms with Crippen molar-refractivity contribution in [2.24, 2.45) is 0 Å². The van der Waals surface area contributed by atoms with E-state index >= 15 is 0 Å². The summed E-state index contributed by atoms with van der Waals surface area (Å²) in [6.07, 6.45) is 0. The molecule has 1 atom stereocenters. The monoisotopic (exact) mass is 346 g/mol. The number of benzene rings is 2. The molecule has 0 aromatic heterocycles. The highest BCUT2D eigenvalue weighted by atomic mass is 79.9. The van der Waals surface area contributed by atoms with E-state index in [0.717, 1.165) is 11.0 Å². The van der Waals surface area contributed by atoms with Gasteiger partial charge in [0.25, 0.3) is 0 Å². The smallest absolute Gasteiger partial charge is 0.0440 e. The Morgan fingerprint density at radius 2 is 1.90 bits per heavy atom. The third kappa shape index (κ3) is 3.47. The summed E-state index contributed by atoms with van der Waals surface area (Å²) in [6.45, 7) is 7.45. The van der Waals surface area contributed by atoms with Gasteiger partial charge in [-0.15, -0.1) is 0 Å². The van der Waals surface area contributed by atoms with E-state index in [1.165, 1.54) is 22.5 Å². The standard InChI is InChI=1S/C18H23BrN2/c1-5-21(18-9-7-6-8-13(18)2)15-10-11-16(14(3)20-4)17(19)12-15/h6-12,14,20H,5H2,1-4H3. The molecule has 2 aromatic rings. The molecule has 0 bridgehead atoms. The summed E-state index contributed by atoms with van der Waals surface area (Å²) >= 11 is 3.71. The van der Waals surface area contributed by atoms with Crippen molar-refractivity contribution in [3.8, 4) is 0 Å². The van der Waals surface area contributed by atoms with Gasteiger partial charge >= 0.3 is 0 Å². The molecule has 0 radical (unpaired) electrons. The average Bonchev–Trinajstić information content (AvgIpc) is 2.49. The second-order valence-corrected chi connectivity index (χ2v) is 6.10. The topological polar surface area (TPSA) is 15.3 Å². The lowest BCUT2D eigenvalue weighted by Crippen LogP contribution is -2.18. The molecule has 0 heterocycles. The Balaban J connectivity index is 2.40. The summed E-state index contributed by atoms with van der Waals surface area (Å²) in [4.78, 5) is 2.34. The van der Waals surface area contributed by atoms with E-state index in [9.17, 15) is 0 Å². The zero-order chi connectivity index (χ0) is 15.4. The summed E-state index contributed by atoms with van der Waals surface area (Å²) in [5.41, 5.74) is 5.05. The minimum absolute atomic E-state index is 0.335. The molecule has 2 aromatic carbocycles. The first-order chi connectivity index (χ1) is 10.1. The zero-order valence-electron chi connectivity index (χ0n) is 13.2. The zero-order valence-corrected chi connectivity index (χ0v) is 14.7. The van der Waals surface area contributed by atoms with Crippen LogP contribution in [0, 0.1) is 6.92 Å². The number of hydrogen-bond acceptors (Lipinski definition) is 2. The van der Waals surface area contributed by atoms with Gasteiger partial charge in [-0.05, 0) is 57.1 Å². The first kappa shape index (κ1) is 16.1. The molecular formula is C18H23BrN2. The van der Waals surface area contributed by atoms with Crippen LogP contribution in [0.3, 0.4) is 0 Å². The SMILES string of the molecule is CCN(c1ccc(C(C)NC)c(Br)c1)c1ccccc1C. The maximum Gasteiger partial charge on any atom is 0.0440 e. The Morgan fingerprint density at radius 3 is 2.48 bits per heavy atom. The van der Waals surface area contributed by atoms with Crippen molar-refractivity contribution in [3.63, 3.8) is 0 Å². The summed E-state index contributed by atoms with van der Waals surface area (Å²) in [5.74, 6) is 0. The molecule has 1 N–H and O–H groups in total. The van der Waals surface area contributed by atoms with Crippen molar-refractivity contribution in [1.29, 1.82) is 0 Å². The van der Waals surface area contributed by atoms with E-state index in [-0.39, 0.29) is 0 Å². The average molecular weight is 347 g/mol. The van der Waals surface area contributed by atoms with Gasteiger partial charge in [-0.2, -0.15) is 0 Å². The predicted molar refractivity (Wildman–Crippen MR) is 95.5 cm³/mol. The van der Waals surface area contributed by atoms with Crippen LogP contribution < -0.4 is 10.2 Å². The fraction of sp³-hybridized carbons (Fsp3) is 0.333. The molecule has 0 fully saturated rings. The van der Waals surface area contributed by atoms with Gasteiger partial charge in [-0.1, -0.05) is 40.2 Å². The molecule has 0 saturated carbocycles. The van der Waals surface area contributed by atoms with Gasteiger partial charge in [0.2, 0.25) is 0 Å². The Bertz CT molecular complexity index is 610. The molecular weight excluding hydrogens is 324 g/mol. The Labute approximate surface area is 136 Å². The summed E-state index contributed by atoms with van der Waals surface area (Å²) in [6, 6.07) is 15.4. The molecule has 112 valence electrons. The van der Waals surface area contributed by atoms with Crippen molar-refractivity contribution in [2.75, 3.05) is 18.5 Å². The minimum atomic E-state index is 0.335. The molecule has 0 amide bonds. The van der Waals surface area contributed by atoms with Crippen LogP contribution in [0.2, 0.25) is 0 Å². The summed E-state index contributed by atoms with van der Waals surface area (Å²) in [7, 11) is 1.98. The first-order valence-corrected chi connectivity index (χ1v) is 8.17. The van der Waals surface area contributed by atoms with E-state index in [1.54, 1.807) is 0 Å². The summed E-state index contributed by atoms with van der Waals surface area (Å²) < 4.78 is 1.15. The molecule has 1 unspecified atom stereocenters. The van der Waals surface area contributed by atoms with Gasteiger partial charge in [0.05, 0.1) is 0 Å². The van der Waals surface area contributed by atoms with Gasteiger partial charge < -0.3 is 10.2 Å². The number of aryl methyl sites for hydroxylation is 1. The lowest BCUT2D eigenvalue weighted by molar-refractivity contribution is 0.649. The molecule has 2 rings (SSSR count). The highest BCUT2D eigenvalue weighted by Gasteiger charge is 2.13. The first-order valence-electron chi connectivity index (χ1n) is 7.38. The van der Waals surface area contributed by atoms with Gasteiger partial charge in [-0.3, -0.25) is 0 Å². The lowest BCUT2D eigenvalue weighted by atomic mass is 10.1. The van der Waals surface area contributed by atoms with Crippen LogP contribution in [-0.4, -0.2) is 13.6 Å². The molecule has 3 heteroatoms. The normalized spacial score (nSPS) is 12.2. The highest BCUT2D eigenvalue weighted by Crippen LogP contribution is 2.33. The van der Waals surface area contributed by atoms with Crippen molar-refractivity contribution >= 4 is 27.3 Å². The van der Waals surface area contributed by atoms with Crippen LogP contribution in [0.15, 0.2) is 46.9 Å². The minimum Gasteiger partial charge on any atom is -0.342 e. The van der Waals surface area contributed by atoms with Gasteiger partial charge in [0.1, 0.15) is 0 Å². The number of nitrogens with one attached hydrogen (secondary N) is 1. The largest absolute Gasteiger partial charge is 0.342 e. The van der Waals surface area contributed by atoms with E-state index in [4.69, 9.17) is 0 Å². The van der Waals surface area contributed by atoms with E-state index in [1.807, 2.05) is 7.05 Å². The van der Waals surface area contributed by atoms with E-state index in [2.05, 4.69) is 89.4 Å². The number of rotatable bonds is 5. The van der Waals surface area contributed by atoms with Crippen molar-refractivity contribution in [1.82, 2.24) is 5.32 Å². The van der Waals surface area contributed by atoms with Gasteiger partial charge in [0.15, 0.2) is 0 Å². The van der Waals surface area contributed by atoms with E-state index in [0.29, 0.717) is 6.04 Å². The number of para-hydroxylation sites is 1. The maximum absolute atomic E-state index is 3.71. The Kier molecular flexibility index (Phi) is 5.43. The van der Waals surface area contributed by atoms with Gasteiger partial charge in [0, 0.05) is 28.4 Å². The third-order valence-electron chi connectivity index (χ3n) is 3.92. The number of halogens is 1. The van der Waals surface area contributed by atoms with Crippen LogP contribution in [0.5, 0.6) is 0 Å². The van der Waals surface area contributed by atoms with Crippen LogP contribution in [0.4, 0.5) is 11.4 Å². The third-order valence-corrected chi connectivity index (χ3v) is 4.60. The van der Waals surface area contributed by atoms with Crippen LogP contribution in [-0.2, 0) is 0 Å². The molecule has 0 aliphatic rings. The van der Waals surface area contributed by atoms with Gasteiger partial charge in [-0.25, -0.2) is 0 Å². The quantitative estimate of drug-likeness (QED) is 0.800. The Hall–Kier alpha value is -1.32. The number of anilines is 2. The highest BCUT2D eigenvalue weighted by molar-refractivity contribution is 9.10. The number of nitrogens with zero attached hydrogens (tertiary/aromatic N) is 1. The molecule has 0 aliphatic heterocycles. The van der Waals surface area contributed by atoms with Crippen LogP contribution >= 0.6 is 15.9 Å². The van der Waals surface area contributed by atoms with Crippen LogP contribution in [0.25, 0.3) is 0 Å². The van der Waals surface area contributed by atoms with E-state index < -0.39 is 0 Å². The lowest BCUT2D eigenvalue weighted by Gasteiger charge is -2.26. The fourth-order valence-electron chi connectivity index (χ4n) is 2.55. The maximum atomic E-state index is 3.71. The molecule has 2 nitrogen and oxygen atoms in total. The molecule has 0 spiro atoms.